The van der Waals surface area contributed by atoms with Crippen LogP contribution in [0.4, 0.5) is 0 Å². The highest BCUT2D eigenvalue weighted by Crippen LogP contribution is 2.23. The van der Waals surface area contributed by atoms with Gasteiger partial charge in [0.15, 0.2) is 5.78 Å². The van der Waals surface area contributed by atoms with Gasteiger partial charge in [-0.2, -0.15) is 0 Å². The summed E-state index contributed by atoms with van der Waals surface area (Å²) in [5.41, 5.74) is 8.76. The minimum absolute atomic E-state index is 0.0627. The number of hydrogen-bond donors (Lipinski definition) is 1. The fraction of sp³-hybridized carbons (Fsp3) is 0.350. The molecule has 0 saturated heterocycles. The van der Waals surface area contributed by atoms with Crippen molar-refractivity contribution in [2.24, 2.45) is 5.73 Å². The molecule has 24 heavy (non-hydrogen) atoms. The first-order chi connectivity index (χ1) is 11.6. The zero-order chi connectivity index (χ0) is 17.4. The Balaban J connectivity index is 2.23. The third-order valence-electron chi connectivity index (χ3n) is 3.86. The molecule has 0 fully saturated rings. The molecule has 0 heterocycles. The molecule has 4 nitrogen and oxygen atoms in total. The van der Waals surface area contributed by atoms with E-state index in [0.717, 1.165) is 24.4 Å². The van der Waals surface area contributed by atoms with Crippen LogP contribution in [0.5, 0.6) is 5.75 Å². The minimum Gasteiger partial charge on any atom is -0.494 e. The van der Waals surface area contributed by atoms with Crippen molar-refractivity contribution in [3.8, 4) is 5.75 Å². The van der Waals surface area contributed by atoms with E-state index in [0.29, 0.717) is 25.3 Å². The summed E-state index contributed by atoms with van der Waals surface area (Å²) in [6.45, 7) is 7.03. The number of nitrogens with zero attached hydrogens (tertiary/aromatic N) is 1. The standard InChI is InChI=1S/C20H26N2O2/c1-3-24-20-10-9-18(16(2)23)13-19(20)15-22(12-11-21)14-17-7-5-4-6-8-17/h4-10,13H,3,11-12,14-15,21H2,1-2H3. The number of ether oxygens (including phenoxy) is 1. The van der Waals surface area contributed by atoms with Crippen LogP contribution in [0.3, 0.4) is 0 Å². The van der Waals surface area contributed by atoms with Gasteiger partial charge in [-0.05, 0) is 37.6 Å². The monoisotopic (exact) mass is 326 g/mol. The second-order valence-electron chi connectivity index (χ2n) is 5.80. The second kappa shape index (κ2) is 9.21. The van der Waals surface area contributed by atoms with E-state index in [4.69, 9.17) is 10.5 Å². The number of nitrogens with two attached hydrogens (primary N) is 1. The van der Waals surface area contributed by atoms with E-state index in [-0.39, 0.29) is 5.78 Å². The molecule has 0 aliphatic heterocycles. The van der Waals surface area contributed by atoms with Gasteiger partial charge in [0.2, 0.25) is 0 Å². The number of benzene rings is 2. The topological polar surface area (TPSA) is 55.6 Å². The molecule has 4 heteroatoms. The van der Waals surface area contributed by atoms with Crippen LogP contribution in [0, 0.1) is 0 Å². The summed E-state index contributed by atoms with van der Waals surface area (Å²) in [4.78, 5) is 14.0. The summed E-state index contributed by atoms with van der Waals surface area (Å²) in [6.07, 6.45) is 0. The van der Waals surface area contributed by atoms with Crippen molar-refractivity contribution in [3.05, 3.63) is 65.2 Å². The Labute approximate surface area is 144 Å². The number of rotatable bonds is 9. The van der Waals surface area contributed by atoms with Gasteiger partial charge in [0.1, 0.15) is 5.75 Å². The SMILES string of the molecule is CCOc1ccc(C(C)=O)cc1CN(CCN)Cc1ccccc1. The molecule has 0 atom stereocenters. The molecule has 0 bridgehead atoms. The van der Waals surface area contributed by atoms with Crippen molar-refractivity contribution >= 4 is 5.78 Å². The minimum atomic E-state index is 0.0627. The molecule has 128 valence electrons. The van der Waals surface area contributed by atoms with Crippen molar-refractivity contribution in [1.29, 1.82) is 0 Å². The van der Waals surface area contributed by atoms with E-state index in [1.165, 1.54) is 5.56 Å². The van der Waals surface area contributed by atoms with Gasteiger partial charge >= 0.3 is 0 Å². The Hall–Kier alpha value is -2.17. The second-order valence-corrected chi connectivity index (χ2v) is 5.80. The van der Waals surface area contributed by atoms with Crippen molar-refractivity contribution < 1.29 is 9.53 Å². The lowest BCUT2D eigenvalue weighted by molar-refractivity contribution is 0.101. The van der Waals surface area contributed by atoms with Crippen molar-refractivity contribution in [2.45, 2.75) is 26.9 Å². The van der Waals surface area contributed by atoms with Crippen LogP contribution in [-0.4, -0.2) is 30.4 Å². The van der Waals surface area contributed by atoms with Crippen molar-refractivity contribution in [3.63, 3.8) is 0 Å². The van der Waals surface area contributed by atoms with Crippen LogP contribution in [-0.2, 0) is 13.1 Å². The maximum Gasteiger partial charge on any atom is 0.159 e. The van der Waals surface area contributed by atoms with Crippen molar-refractivity contribution in [2.75, 3.05) is 19.7 Å². The molecular formula is C20H26N2O2. The zero-order valence-electron chi connectivity index (χ0n) is 14.5. The lowest BCUT2D eigenvalue weighted by atomic mass is 10.1. The Morgan fingerprint density at radius 1 is 1.12 bits per heavy atom. The predicted molar refractivity (Wildman–Crippen MR) is 97.2 cm³/mol. The third-order valence-corrected chi connectivity index (χ3v) is 3.86. The average Bonchev–Trinajstić information content (AvgIpc) is 2.57. The lowest BCUT2D eigenvalue weighted by Crippen LogP contribution is -2.29. The highest BCUT2D eigenvalue weighted by molar-refractivity contribution is 5.94. The Bertz CT molecular complexity index is 656. The molecule has 0 aromatic heterocycles. The first kappa shape index (κ1) is 18.2. The molecule has 0 amide bonds. The molecule has 2 N–H and O–H groups in total. The number of Topliss-reactive ketones (excluding diaryl/α,β-unsaturated/α-hetero) is 1. The summed E-state index contributed by atoms with van der Waals surface area (Å²) in [5, 5.41) is 0. The van der Waals surface area contributed by atoms with E-state index in [1.54, 1.807) is 6.92 Å². The van der Waals surface area contributed by atoms with Crippen LogP contribution in [0.2, 0.25) is 0 Å². The number of carbonyl (C=O) groups is 1. The largest absolute Gasteiger partial charge is 0.494 e. The normalized spacial score (nSPS) is 10.8. The molecule has 0 aliphatic carbocycles. The van der Waals surface area contributed by atoms with Gasteiger partial charge in [-0.1, -0.05) is 30.3 Å². The van der Waals surface area contributed by atoms with Crippen LogP contribution < -0.4 is 10.5 Å². The molecule has 2 aromatic carbocycles. The highest BCUT2D eigenvalue weighted by Gasteiger charge is 2.12. The fourth-order valence-electron chi connectivity index (χ4n) is 2.70. The van der Waals surface area contributed by atoms with E-state index in [1.807, 2.05) is 43.3 Å². The van der Waals surface area contributed by atoms with Gasteiger partial charge in [0, 0.05) is 37.3 Å². The first-order valence-electron chi connectivity index (χ1n) is 8.37. The van der Waals surface area contributed by atoms with E-state index >= 15 is 0 Å². The summed E-state index contributed by atoms with van der Waals surface area (Å²) in [6, 6.07) is 16.0. The maximum absolute atomic E-state index is 11.7. The van der Waals surface area contributed by atoms with Gasteiger partial charge in [0.05, 0.1) is 6.61 Å². The summed E-state index contributed by atoms with van der Waals surface area (Å²) in [5.74, 6) is 0.894. The predicted octanol–water partition coefficient (Wildman–Crippen LogP) is 3.25. The Morgan fingerprint density at radius 3 is 2.50 bits per heavy atom. The van der Waals surface area contributed by atoms with Gasteiger partial charge in [-0.3, -0.25) is 9.69 Å². The molecule has 2 aromatic rings. The molecule has 2 rings (SSSR count). The van der Waals surface area contributed by atoms with E-state index < -0.39 is 0 Å². The molecule has 0 saturated carbocycles. The van der Waals surface area contributed by atoms with Gasteiger partial charge < -0.3 is 10.5 Å². The molecule has 0 aliphatic rings. The average molecular weight is 326 g/mol. The summed E-state index contributed by atoms with van der Waals surface area (Å²) >= 11 is 0. The third kappa shape index (κ3) is 5.18. The van der Waals surface area contributed by atoms with Crippen LogP contribution in [0.25, 0.3) is 0 Å². The maximum atomic E-state index is 11.7. The first-order valence-corrected chi connectivity index (χ1v) is 8.37. The van der Waals surface area contributed by atoms with E-state index in [9.17, 15) is 4.79 Å². The fourth-order valence-corrected chi connectivity index (χ4v) is 2.70. The number of carbonyl (C=O) groups excluding carboxylic acids is 1. The molecular weight excluding hydrogens is 300 g/mol. The van der Waals surface area contributed by atoms with Crippen LogP contribution >= 0.6 is 0 Å². The summed E-state index contributed by atoms with van der Waals surface area (Å²) in [7, 11) is 0. The smallest absolute Gasteiger partial charge is 0.159 e. The van der Waals surface area contributed by atoms with Crippen LogP contribution in [0.1, 0.15) is 35.3 Å². The molecule has 0 spiro atoms. The molecule has 0 unspecified atom stereocenters. The van der Waals surface area contributed by atoms with Crippen LogP contribution in [0.15, 0.2) is 48.5 Å². The van der Waals surface area contributed by atoms with Gasteiger partial charge in [-0.15, -0.1) is 0 Å². The van der Waals surface area contributed by atoms with Crippen molar-refractivity contribution in [1.82, 2.24) is 4.90 Å². The number of ketones is 1. The Morgan fingerprint density at radius 2 is 1.88 bits per heavy atom. The Kier molecular flexibility index (Phi) is 6.97. The highest BCUT2D eigenvalue weighted by atomic mass is 16.5. The zero-order valence-corrected chi connectivity index (χ0v) is 14.5. The summed E-state index contributed by atoms with van der Waals surface area (Å²) < 4.78 is 5.73. The molecule has 0 radical (unpaired) electrons. The van der Waals surface area contributed by atoms with E-state index in [2.05, 4.69) is 17.0 Å². The number of hydrogen-bond acceptors (Lipinski definition) is 4. The van der Waals surface area contributed by atoms with Gasteiger partial charge in [-0.25, -0.2) is 0 Å². The van der Waals surface area contributed by atoms with Gasteiger partial charge in [0.25, 0.3) is 0 Å². The quantitative estimate of drug-likeness (QED) is 0.719. The lowest BCUT2D eigenvalue weighted by Gasteiger charge is -2.23.